The number of hydrogen-bond acceptors (Lipinski definition) is 4. The lowest BCUT2D eigenvalue weighted by molar-refractivity contribution is 0.0308. The third kappa shape index (κ3) is 1.82. The van der Waals surface area contributed by atoms with Gasteiger partial charge in [-0.3, -0.25) is 19.7 Å². The molecule has 3 heterocycles. The highest BCUT2D eigenvalue weighted by Crippen LogP contribution is 2.22. The molecule has 1 fully saturated rings. The molecule has 2 atom stereocenters. The summed E-state index contributed by atoms with van der Waals surface area (Å²) in [5.41, 5.74) is 4.89. The van der Waals surface area contributed by atoms with Crippen LogP contribution < -0.4 is 16.5 Å². The molecule has 1 aromatic heterocycles. The molecule has 3 N–H and O–H groups in total. The highest BCUT2D eigenvalue weighted by atomic mass is 16.2. The van der Waals surface area contributed by atoms with E-state index in [9.17, 15) is 14.4 Å². The normalized spacial score (nSPS) is 25.1. The Kier molecular flexibility index (Phi) is 2.86. The first-order valence-corrected chi connectivity index (χ1v) is 6.59. The molecule has 1 aromatic rings. The van der Waals surface area contributed by atoms with Crippen LogP contribution in [0.2, 0.25) is 0 Å². The van der Waals surface area contributed by atoms with Gasteiger partial charge in [0, 0.05) is 18.3 Å². The van der Waals surface area contributed by atoms with Gasteiger partial charge >= 0.3 is 0 Å². The predicted octanol–water partition coefficient (Wildman–Crippen LogP) is -0.889. The van der Waals surface area contributed by atoms with Crippen molar-refractivity contribution < 1.29 is 9.59 Å². The highest BCUT2D eigenvalue weighted by Gasteiger charge is 2.37. The summed E-state index contributed by atoms with van der Waals surface area (Å²) in [7, 11) is 0. The summed E-state index contributed by atoms with van der Waals surface area (Å²) in [6, 6.07) is 1.34. The lowest BCUT2D eigenvalue weighted by atomic mass is 10.0. The molecule has 0 radical (unpaired) electrons. The van der Waals surface area contributed by atoms with Crippen molar-refractivity contribution in [3.05, 3.63) is 33.7 Å². The maximum Gasteiger partial charge on any atom is 0.272 e. The quantitative estimate of drug-likeness (QED) is 0.695. The highest BCUT2D eigenvalue weighted by molar-refractivity contribution is 5.96. The number of nitrogens with two attached hydrogens (primary N) is 1. The van der Waals surface area contributed by atoms with E-state index in [0.29, 0.717) is 12.2 Å². The number of hydrogen-bond donors (Lipinski definition) is 2. The number of aromatic nitrogens is 1. The molecular weight excluding hydrogens is 260 g/mol. The molecule has 0 saturated carbocycles. The van der Waals surface area contributed by atoms with Crippen LogP contribution in [0.1, 0.15) is 34.2 Å². The molecule has 20 heavy (non-hydrogen) atoms. The summed E-state index contributed by atoms with van der Waals surface area (Å²) in [6.45, 7) is 3.34. The van der Waals surface area contributed by atoms with Gasteiger partial charge in [0.2, 0.25) is 0 Å². The van der Waals surface area contributed by atoms with Crippen LogP contribution in [0.15, 0.2) is 17.1 Å². The Hall–Kier alpha value is -2.15. The van der Waals surface area contributed by atoms with Gasteiger partial charge in [-0.1, -0.05) is 0 Å². The number of carbonyl (C=O) groups is 2. The molecule has 106 valence electrons. The van der Waals surface area contributed by atoms with E-state index in [0.717, 1.165) is 13.0 Å². The topological polar surface area (TPSA) is 97.4 Å². The minimum Gasteiger partial charge on any atom is -0.365 e. The predicted molar refractivity (Wildman–Crippen MR) is 71.3 cm³/mol. The number of fused-ring (bicyclic) bond motifs is 2. The van der Waals surface area contributed by atoms with Crippen molar-refractivity contribution in [2.45, 2.75) is 32.1 Å². The van der Waals surface area contributed by atoms with Gasteiger partial charge in [0.1, 0.15) is 17.4 Å². The van der Waals surface area contributed by atoms with Gasteiger partial charge in [-0.15, -0.1) is 0 Å². The number of primary amides is 1. The van der Waals surface area contributed by atoms with Crippen LogP contribution >= 0.6 is 0 Å². The fourth-order valence-corrected chi connectivity index (χ4v) is 2.91. The number of pyridine rings is 1. The fraction of sp³-hybridized carbons (Fsp3) is 0.462. The summed E-state index contributed by atoms with van der Waals surface area (Å²) in [5, 5.41) is 3.28. The Bertz CT molecular complexity index is 652. The molecule has 3 rings (SSSR count). The molecule has 7 nitrogen and oxygen atoms in total. The molecule has 2 aliphatic rings. The van der Waals surface area contributed by atoms with Gasteiger partial charge in [-0.05, 0) is 19.9 Å². The Balaban J connectivity index is 2.10. The van der Waals surface area contributed by atoms with Crippen molar-refractivity contribution in [1.29, 1.82) is 0 Å². The number of amides is 2. The third-order valence-electron chi connectivity index (χ3n) is 3.97. The molecule has 0 aliphatic carbocycles. The lowest BCUT2D eigenvalue weighted by Gasteiger charge is -2.45. The summed E-state index contributed by atoms with van der Waals surface area (Å²) >= 11 is 0. The lowest BCUT2D eigenvalue weighted by Crippen LogP contribution is -2.62. The summed E-state index contributed by atoms with van der Waals surface area (Å²) in [5.74, 6) is -0.959. The minimum absolute atomic E-state index is 0.0844. The van der Waals surface area contributed by atoms with Crippen LogP contribution in [-0.4, -0.2) is 40.0 Å². The van der Waals surface area contributed by atoms with Gasteiger partial charge < -0.3 is 15.2 Å². The summed E-state index contributed by atoms with van der Waals surface area (Å²) in [6.07, 6.45) is 2.16. The van der Waals surface area contributed by atoms with E-state index < -0.39 is 11.3 Å². The van der Waals surface area contributed by atoms with Gasteiger partial charge in [0.05, 0.1) is 6.54 Å². The molecule has 2 amide bonds. The van der Waals surface area contributed by atoms with Crippen LogP contribution in [0, 0.1) is 0 Å². The van der Waals surface area contributed by atoms with Crippen molar-refractivity contribution >= 4 is 11.8 Å². The molecule has 1 saturated heterocycles. The zero-order valence-electron chi connectivity index (χ0n) is 11.1. The van der Waals surface area contributed by atoms with E-state index in [2.05, 4.69) is 5.32 Å². The molecule has 0 aromatic carbocycles. The maximum atomic E-state index is 12.5. The molecule has 2 unspecified atom stereocenters. The zero-order chi connectivity index (χ0) is 14.4. The Morgan fingerprint density at radius 2 is 2.20 bits per heavy atom. The molecule has 2 aliphatic heterocycles. The van der Waals surface area contributed by atoms with E-state index in [-0.39, 0.29) is 23.7 Å². The Morgan fingerprint density at radius 3 is 2.90 bits per heavy atom. The second-order valence-corrected chi connectivity index (χ2v) is 5.27. The third-order valence-corrected chi connectivity index (χ3v) is 3.97. The fourth-order valence-electron chi connectivity index (χ4n) is 2.91. The van der Waals surface area contributed by atoms with E-state index in [4.69, 9.17) is 5.73 Å². The van der Waals surface area contributed by atoms with Crippen molar-refractivity contribution in [3.63, 3.8) is 0 Å². The summed E-state index contributed by atoms with van der Waals surface area (Å²) < 4.78 is 1.63. The standard InChI is InChI=1S/C13H16N4O3/c1-7-2-3-15-11-6-16-5-8(12(14)19)10(18)4-9(16)13(20)17(7)11/h4-5,7,11,15H,2-3,6H2,1H3,(H2,14,19). The van der Waals surface area contributed by atoms with Crippen LogP contribution in [0.25, 0.3) is 0 Å². The van der Waals surface area contributed by atoms with Crippen molar-refractivity contribution in [3.8, 4) is 0 Å². The second kappa shape index (κ2) is 4.45. The second-order valence-electron chi connectivity index (χ2n) is 5.27. The Labute approximate surface area is 115 Å². The average Bonchev–Trinajstić information content (AvgIpc) is 2.39. The molecule has 7 heteroatoms. The Morgan fingerprint density at radius 1 is 1.45 bits per heavy atom. The van der Waals surface area contributed by atoms with Crippen LogP contribution in [-0.2, 0) is 6.54 Å². The van der Waals surface area contributed by atoms with Crippen LogP contribution in [0.5, 0.6) is 0 Å². The number of rotatable bonds is 1. The SMILES string of the molecule is CC1CCNC2Cn3cc(C(N)=O)c(=O)cc3C(=O)N12. The van der Waals surface area contributed by atoms with Crippen molar-refractivity contribution in [1.82, 2.24) is 14.8 Å². The largest absolute Gasteiger partial charge is 0.365 e. The van der Waals surface area contributed by atoms with E-state index in [1.807, 2.05) is 6.92 Å². The summed E-state index contributed by atoms with van der Waals surface area (Å²) in [4.78, 5) is 37.3. The minimum atomic E-state index is -0.773. The molecular formula is C13H16N4O3. The smallest absolute Gasteiger partial charge is 0.272 e. The van der Waals surface area contributed by atoms with Crippen LogP contribution in [0.4, 0.5) is 0 Å². The van der Waals surface area contributed by atoms with Crippen molar-refractivity contribution in [2.75, 3.05) is 6.54 Å². The number of nitrogens with zero attached hydrogens (tertiary/aromatic N) is 2. The van der Waals surface area contributed by atoms with Gasteiger partial charge in [-0.25, -0.2) is 0 Å². The van der Waals surface area contributed by atoms with Crippen LogP contribution in [0.3, 0.4) is 0 Å². The van der Waals surface area contributed by atoms with E-state index in [1.54, 1.807) is 9.47 Å². The first kappa shape index (κ1) is 12.9. The monoisotopic (exact) mass is 276 g/mol. The molecule has 0 spiro atoms. The first-order valence-electron chi connectivity index (χ1n) is 6.59. The van der Waals surface area contributed by atoms with E-state index >= 15 is 0 Å². The van der Waals surface area contributed by atoms with Gasteiger partial charge in [0.15, 0.2) is 5.43 Å². The number of nitrogens with one attached hydrogen (secondary N) is 1. The maximum absolute atomic E-state index is 12.5. The van der Waals surface area contributed by atoms with E-state index in [1.165, 1.54) is 12.3 Å². The zero-order valence-corrected chi connectivity index (χ0v) is 11.1. The first-order chi connectivity index (χ1) is 9.49. The van der Waals surface area contributed by atoms with Gasteiger partial charge in [0.25, 0.3) is 11.8 Å². The average molecular weight is 276 g/mol. The van der Waals surface area contributed by atoms with Crippen molar-refractivity contribution in [2.24, 2.45) is 5.73 Å². The number of carbonyl (C=O) groups excluding carboxylic acids is 2. The van der Waals surface area contributed by atoms with Gasteiger partial charge in [-0.2, -0.15) is 0 Å². The molecule has 0 bridgehead atoms.